The van der Waals surface area contributed by atoms with Crippen molar-refractivity contribution in [3.8, 4) is 11.5 Å². The van der Waals surface area contributed by atoms with Gasteiger partial charge in [0.15, 0.2) is 11.5 Å². The molecule has 0 unspecified atom stereocenters. The van der Waals surface area contributed by atoms with E-state index >= 15 is 0 Å². The van der Waals surface area contributed by atoms with E-state index in [0.29, 0.717) is 17.9 Å². The molecular weight excluding hydrogens is 337 g/mol. The van der Waals surface area contributed by atoms with Gasteiger partial charge in [-0.15, -0.1) is 0 Å². The topological polar surface area (TPSA) is 67.8 Å². The van der Waals surface area contributed by atoms with Gasteiger partial charge in [-0.3, -0.25) is 4.79 Å². The normalized spacial score (nSPS) is 11.9. The minimum Gasteiger partial charge on any atom is -0.493 e. The zero-order chi connectivity index (χ0) is 12.8. The highest BCUT2D eigenvalue weighted by atomic mass is 127. The highest BCUT2D eigenvalue weighted by Gasteiger charge is 2.17. The predicted molar refractivity (Wildman–Crippen MR) is 71.8 cm³/mol. The van der Waals surface area contributed by atoms with Crippen LogP contribution in [0.25, 0.3) is 0 Å². The van der Waals surface area contributed by atoms with E-state index in [1.165, 1.54) is 0 Å². The Morgan fingerprint density at radius 2 is 2.06 bits per heavy atom. The van der Waals surface area contributed by atoms with Crippen molar-refractivity contribution in [2.75, 3.05) is 14.2 Å². The Hall–Kier alpha value is -1.02. The van der Waals surface area contributed by atoms with Gasteiger partial charge < -0.3 is 14.6 Å². The van der Waals surface area contributed by atoms with Gasteiger partial charge in [0.25, 0.3) is 0 Å². The minimum absolute atomic E-state index is 0.388. The zero-order valence-corrected chi connectivity index (χ0v) is 11.7. The molecule has 1 aromatic rings. The number of methoxy groups -OCH3 is 2. The van der Waals surface area contributed by atoms with Crippen molar-refractivity contribution >= 4 is 28.8 Å². The first-order valence-corrected chi connectivity index (χ1v) is 6.00. The summed E-state index contributed by atoms with van der Waals surface area (Å²) in [5.74, 6) is 0.349. The summed E-state index contributed by atoms with van der Waals surface area (Å²) in [6, 6.07) is 4.75. The number of hydrogen-bond acceptors (Lipinski definition) is 4. The van der Waals surface area contributed by atoms with E-state index < -0.39 is 12.0 Å². The van der Waals surface area contributed by atoms with Crippen LogP contribution in [0.5, 0.6) is 11.5 Å². The quantitative estimate of drug-likeness (QED) is 0.603. The van der Waals surface area contributed by atoms with Gasteiger partial charge in [0, 0.05) is 22.9 Å². The third kappa shape index (κ3) is 3.74. The maximum Gasteiger partial charge on any atom is 0.321 e. The zero-order valence-electron chi connectivity index (χ0n) is 9.57. The lowest BCUT2D eigenvalue weighted by Gasteiger charge is -2.12. The number of halogens is 1. The Morgan fingerprint density at radius 3 is 2.53 bits per heavy atom. The highest BCUT2D eigenvalue weighted by molar-refractivity contribution is 14.1. The third-order valence-corrected chi connectivity index (χ3v) is 3.07. The lowest BCUT2D eigenvalue weighted by atomic mass is 10.1. The standard InChI is InChI=1S/C11H14INO4/c1-16-9-4-3-7(6-10(9)17-2)5-8(13-12)11(14)15/h3-4,6,8,13H,5H2,1-2H3,(H,14,15)/t8-/m0/s1. The van der Waals surface area contributed by atoms with Crippen molar-refractivity contribution in [3.63, 3.8) is 0 Å². The average molecular weight is 351 g/mol. The molecule has 0 aliphatic carbocycles. The molecule has 0 amide bonds. The van der Waals surface area contributed by atoms with Crippen LogP contribution < -0.4 is 13.0 Å². The van der Waals surface area contributed by atoms with Crippen molar-refractivity contribution in [1.29, 1.82) is 0 Å². The molecule has 2 N–H and O–H groups in total. The van der Waals surface area contributed by atoms with Crippen LogP contribution in [0.3, 0.4) is 0 Å². The summed E-state index contributed by atoms with van der Waals surface area (Å²) in [5.41, 5.74) is 0.874. The molecule has 0 saturated heterocycles. The number of carboxylic acid groups (broad SMARTS) is 1. The summed E-state index contributed by atoms with van der Waals surface area (Å²) in [7, 11) is 3.11. The maximum atomic E-state index is 10.9. The summed E-state index contributed by atoms with van der Waals surface area (Å²) in [4.78, 5) is 10.9. The molecule has 94 valence electrons. The van der Waals surface area contributed by atoms with Crippen LogP contribution in [0.2, 0.25) is 0 Å². The van der Waals surface area contributed by atoms with Gasteiger partial charge in [-0.1, -0.05) is 6.07 Å². The Kier molecular flexibility index (Phi) is 5.49. The third-order valence-electron chi connectivity index (χ3n) is 2.32. The molecule has 0 fully saturated rings. The molecule has 1 aromatic carbocycles. The largest absolute Gasteiger partial charge is 0.493 e. The number of carboxylic acids is 1. The second-order valence-electron chi connectivity index (χ2n) is 3.39. The maximum absolute atomic E-state index is 10.9. The van der Waals surface area contributed by atoms with Crippen LogP contribution in [0.1, 0.15) is 5.56 Å². The molecule has 0 aromatic heterocycles. The van der Waals surface area contributed by atoms with Gasteiger partial charge in [-0.25, -0.2) is 3.53 Å². The van der Waals surface area contributed by atoms with Crippen LogP contribution >= 0.6 is 22.9 Å². The van der Waals surface area contributed by atoms with Gasteiger partial charge in [0.1, 0.15) is 6.04 Å². The molecule has 1 atom stereocenters. The fraction of sp³-hybridized carbons (Fsp3) is 0.364. The Balaban J connectivity index is 2.88. The van der Waals surface area contributed by atoms with Gasteiger partial charge in [-0.2, -0.15) is 0 Å². The molecule has 5 nitrogen and oxygen atoms in total. The number of aliphatic carboxylic acids is 1. The van der Waals surface area contributed by atoms with Gasteiger partial charge in [-0.05, 0) is 24.1 Å². The molecule has 0 bridgehead atoms. The number of carbonyl (C=O) groups is 1. The Bertz CT molecular complexity index is 397. The van der Waals surface area contributed by atoms with Gasteiger partial charge in [0.05, 0.1) is 14.2 Å². The second-order valence-corrected chi connectivity index (χ2v) is 4.02. The average Bonchev–Trinajstić information content (AvgIpc) is 2.35. The minimum atomic E-state index is -0.880. The lowest BCUT2D eigenvalue weighted by molar-refractivity contribution is -0.138. The molecule has 0 aliphatic rings. The van der Waals surface area contributed by atoms with E-state index in [4.69, 9.17) is 14.6 Å². The monoisotopic (exact) mass is 351 g/mol. The van der Waals surface area contributed by atoms with Crippen LogP contribution in [0.15, 0.2) is 18.2 Å². The van der Waals surface area contributed by atoms with Crippen LogP contribution in [-0.4, -0.2) is 31.3 Å². The van der Waals surface area contributed by atoms with Crippen LogP contribution in [0.4, 0.5) is 0 Å². The molecular formula is C11H14INO4. The predicted octanol–water partition coefficient (Wildman–Crippen LogP) is 1.64. The number of rotatable bonds is 6. The van der Waals surface area contributed by atoms with Crippen molar-refractivity contribution in [1.82, 2.24) is 3.53 Å². The van der Waals surface area contributed by atoms with Crippen molar-refractivity contribution < 1.29 is 19.4 Å². The molecule has 1 rings (SSSR count). The Morgan fingerprint density at radius 1 is 1.41 bits per heavy atom. The van der Waals surface area contributed by atoms with Crippen LogP contribution in [0, 0.1) is 0 Å². The summed E-state index contributed by atoms with van der Waals surface area (Å²) >= 11 is 1.84. The number of nitrogens with one attached hydrogen (secondary N) is 1. The Labute approximate surface area is 114 Å². The van der Waals surface area contributed by atoms with E-state index in [-0.39, 0.29) is 0 Å². The van der Waals surface area contributed by atoms with Gasteiger partial charge >= 0.3 is 5.97 Å². The highest BCUT2D eigenvalue weighted by Crippen LogP contribution is 2.28. The molecule has 0 spiro atoms. The SMILES string of the molecule is COc1ccc(C[C@H](NI)C(=O)O)cc1OC. The number of benzene rings is 1. The summed E-state index contributed by atoms with van der Waals surface area (Å²) in [6.07, 6.45) is 0.388. The summed E-state index contributed by atoms with van der Waals surface area (Å²) < 4.78 is 13.0. The van der Waals surface area contributed by atoms with Crippen molar-refractivity contribution in [2.24, 2.45) is 0 Å². The lowest BCUT2D eigenvalue weighted by Crippen LogP contribution is -2.32. The molecule has 0 aliphatic heterocycles. The van der Waals surface area contributed by atoms with Crippen molar-refractivity contribution in [3.05, 3.63) is 23.8 Å². The first-order valence-electron chi connectivity index (χ1n) is 4.92. The molecule has 17 heavy (non-hydrogen) atoms. The smallest absolute Gasteiger partial charge is 0.321 e. The second kappa shape index (κ2) is 6.65. The first-order chi connectivity index (χ1) is 8.12. The van der Waals surface area contributed by atoms with E-state index in [2.05, 4.69) is 3.53 Å². The van der Waals surface area contributed by atoms with E-state index in [0.717, 1.165) is 5.56 Å². The summed E-state index contributed by atoms with van der Waals surface area (Å²) in [6.45, 7) is 0. The van der Waals surface area contributed by atoms with Crippen molar-refractivity contribution in [2.45, 2.75) is 12.5 Å². The molecule has 0 heterocycles. The van der Waals surface area contributed by atoms with E-state index in [1.807, 2.05) is 28.9 Å². The van der Waals surface area contributed by atoms with Crippen LogP contribution in [-0.2, 0) is 11.2 Å². The molecule has 0 radical (unpaired) electrons. The van der Waals surface area contributed by atoms with Gasteiger partial charge in [0.2, 0.25) is 0 Å². The molecule has 6 heteroatoms. The van der Waals surface area contributed by atoms with E-state index in [9.17, 15) is 4.79 Å². The fourth-order valence-electron chi connectivity index (χ4n) is 1.42. The number of ether oxygens (including phenoxy) is 2. The molecule has 0 saturated carbocycles. The first kappa shape index (κ1) is 14.0. The summed E-state index contributed by atoms with van der Waals surface area (Å²) in [5, 5.41) is 8.94. The fourth-order valence-corrected chi connectivity index (χ4v) is 1.90. The van der Waals surface area contributed by atoms with E-state index in [1.54, 1.807) is 26.4 Å². The number of hydrogen-bond donors (Lipinski definition) is 2.